The third-order valence-electron chi connectivity index (χ3n) is 5.46. The number of hydrogen-bond donors (Lipinski definition) is 1. The van der Waals surface area contributed by atoms with Crippen LogP contribution in [-0.2, 0) is 21.3 Å². The fourth-order valence-electron chi connectivity index (χ4n) is 3.78. The lowest BCUT2D eigenvalue weighted by Crippen LogP contribution is -2.48. The largest absolute Gasteiger partial charge is 0.465 e. The van der Waals surface area contributed by atoms with Gasteiger partial charge in [-0.15, -0.1) is 11.3 Å². The molecule has 166 valence electrons. The monoisotopic (exact) mass is 464 g/mol. The predicted molar refractivity (Wildman–Crippen MR) is 118 cm³/mol. The van der Waals surface area contributed by atoms with Crippen molar-refractivity contribution >= 4 is 38.4 Å². The minimum absolute atomic E-state index is 0.112. The maximum atomic E-state index is 12.9. The highest BCUT2D eigenvalue weighted by Gasteiger charge is 2.30. The minimum atomic E-state index is -3.62. The van der Waals surface area contributed by atoms with Crippen molar-refractivity contribution in [3.05, 3.63) is 51.8 Å². The molecule has 0 atom stereocenters. The number of piperazine rings is 1. The van der Waals surface area contributed by atoms with Crippen molar-refractivity contribution in [2.45, 2.75) is 17.2 Å². The van der Waals surface area contributed by atoms with Gasteiger partial charge in [-0.05, 0) is 31.2 Å². The highest BCUT2D eigenvalue weighted by atomic mass is 32.2. The zero-order valence-corrected chi connectivity index (χ0v) is 18.7. The van der Waals surface area contributed by atoms with Crippen molar-refractivity contribution in [3.63, 3.8) is 0 Å². The summed E-state index contributed by atoms with van der Waals surface area (Å²) in [5.74, 6) is -0.545. The molecule has 1 aromatic carbocycles. The van der Waals surface area contributed by atoms with E-state index in [0.29, 0.717) is 32.7 Å². The van der Waals surface area contributed by atoms with Crippen LogP contribution in [0.3, 0.4) is 0 Å². The molecule has 3 aromatic rings. The molecule has 0 saturated carbocycles. The highest BCUT2D eigenvalue weighted by molar-refractivity contribution is 7.91. The molecule has 11 heteroatoms. The van der Waals surface area contributed by atoms with E-state index in [0.717, 1.165) is 35.3 Å². The summed E-state index contributed by atoms with van der Waals surface area (Å²) >= 11 is 1.03. The molecule has 31 heavy (non-hydrogen) atoms. The molecule has 9 nitrogen and oxygen atoms in total. The standard InChI is InChI=1S/C20H24N4O5S2/c1-29-19(25)15-13-18(30-14-15)31(27,28)23-11-9-22(10-12-23)7-4-8-24-17-6-3-2-5-16(17)21-20(24)26/h2-3,5-6,13-14H,4,7-12H2,1H3,(H,21,26). The second kappa shape index (κ2) is 8.95. The zero-order chi connectivity index (χ0) is 22.0. The van der Waals surface area contributed by atoms with Gasteiger partial charge in [0, 0.05) is 38.1 Å². The van der Waals surface area contributed by atoms with Crippen LogP contribution >= 0.6 is 11.3 Å². The maximum absolute atomic E-state index is 12.9. The Labute approximate surface area is 183 Å². The smallest absolute Gasteiger partial charge is 0.338 e. The molecule has 1 N–H and O–H groups in total. The number of benzene rings is 1. The number of carbonyl (C=O) groups excluding carboxylic acids is 1. The zero-order valence-electron chi connectivity index (χ0n) is 17.1. The molecule has 0 amide bonds. The number of ether oxygens (including phenoxy) is 1. The van der Waals surface area contributed by atoms with Crippen LogP contribution < -0.4 is 5.69 Å². The van der Waals surface area contributed by atoms with Crippen LogP contribution in [0, 0.1) is 0 Å². The normalized spacial score (nSPS) is 16.0. The Hall–Kier alpha value is -2.47. The molecule has 0 aliphatic carbocycles. The lowest BCUT2D eigenvalue weighted by Gasteiger charge is -2.33. The Balaban J connectivity index is 1.31. The first-order valence-electron chi connectivity index (χ1n) is 9.97. The van der Waals surface area contributed by atoms with Crippen LogP contribution in [0.5, 0.6) is 0 Å². The van der Waals surface area contributed by atoms with Crippen LogP contribution in [0.15, 0.2) is 44.7 Å². The van der Waals surface area contributed by atoms with Gasteiger partial charge in [-0.1, -0.05) is 12.1 Å². The van der Waals surface area contributed by atoms with Gasteiger partial charge in [0.05, 0.1) is 23.7 Å². The maximum Gasteiger partial charge on any atom is 0.338 e. The molecule has 0 spiro atoms. The molecule has 1 aliphatic heterocycles. The fraction of sp³-hybridized carbons (Fsp3) is 0.400. The molecule has 2 aromatic heterocycles. The Bertz CT molecular complexity index is 1240. The van der Waals surface area contributed by atoms with Crippen molar-refractivity contribution in [2.24, 2.45) is 0 Å². The van der Waals surface area contributed by atoms with E-state index in [1.165, 1.54) is 22.9 Å². The van der Waals surface area contributed by atoms with Gasteiger partial charge >= 0.3 is 11.7 Å². The topological polar surface area (TPSA) is 105 Å². The fourth-order valence-corrected chi connectivity index (χ4v) is 6.50. The number of fused-ring (bicyclic) bond motifs is 1. The Morgan fingerprint density at radius 3 is 2.65 bits per heavy atom. The van der Waals surface area contributed by atoms with Gasteiger partial charge in [-0.3, -0.25) is 4.57 Å². The minimum Gasteiger partial charge on any atom is -0.465 e. The number of aromatic nitrogens is 2. The molecule has 4 rings (SSSR count). The van der Waals surface area contributed by atoms with E-state index in [-0.39, 0.29) is 15.5 Å². The number of methoxy groups -OCH3 is 1. The summed E-state index contributed by atoms with van der Waals surface area (Å²) in [7, 11) is -2.36. The van der Waals surface area contributed by atoms with Gasteiger partial charge in [-0.25, -0.2) is 18.0 Å². The summed E-state index contributed by atoms with van der Waals surface area (Å²) in [5, 5.41) is 1.50. The van der Waals surface area contributed by atoms with E-state index in [2.05, 4.69) is 14.6 Å². The molecule has 1 saturated heterocycles. The third kappa shape index (κ3) is 4.45. The van der Waals surface area contributed by atoms with Gasteiger partial charge in [0.2, 0.25) is 0 Å². The van der Waals surface area contributed by atoms with E-state index < -0.39 is 16.0 Å². The summed E-state index contributed by atoms with van der Waals surface area (Å²) in [5.41, 5.74) is 1.86. The third-order valence-corrected chi connectivity index (χ3v) is 8.77. The number of nitrogens with zero attached hydrogens (tertiary/aromatic N) is 3. The van der Waals surface area contributed by atoms with E-state index in [1.54, 1.807) is 4.57 Å². The lowest BCUT2D eigenvalue weighted by molar-refractivity contribution is 0.0601. The summed E-state index contributed by atoms with van der Waals surface area (Å²) in [6.07, 6.45) is 0.794. The molecule has 0 bridgehead atoms. The van der Waals surface area contributed by atoms with E-state index in [1.807, 2.05) is 24.3 Å². The Morgan fingerprint density at radius 1 is 1.16 bits per heavy atom. The molecule has 1 fully saturated rings. The van der Waals surface area contributed by atoms with Crippen LogP contribution in [0.1, 0.15) is 16.8 Å². The number of imidazole rings is 1. The lowest BCUT2D eigenvalue weighted by atomic mass is 10.3. The molecule has 0 unspecified atom stereocenters. The number of esters is 1. The average molecular weight is 465 g/mol. The number of carbonyl (C=O) groups is 1. The first-order chi connectivity index (χ1) is 14.9. The number of aromatic amines is 1. The van der Waals surface area contributed by atoms with Gasteiger partial charge in [0.15, 0.2) is 0 Å². The van der Waals surface area contributed by atoms with Crippen LogP contribution in [0.25, 0.3) is 11.0 Å². The van der Waals surface area contributed by atoms with Crippen molar-refractivity contribution in [3.8, 4) is 0 Å². The van der Waals surface area contributed by atoms with Gasteiger partial charge < -0.3 is 14.6 Å². The second-order valence-electron chi connectivity index (χ2n) is 7.34. The van der Waals surface area contributed by atoms with Gasteiger partial charge in [-0.2, -0.15) is 4.31 Å². The Kier molecular flexibility index (Phi) is 6.28. The molecule has 3 heterocycles. The van der Waals surface area contributed by atoms with Crippen molar-refractivity contribution in [1.29, 1.82) is 0 Å². The van der Waals surface area contributed by atoms with Crippen LogP contribution in [0.2, 0.25) is 0 Å². The number of hydrogen-bond acceptors (Lipinski definition) is 7. The summed E-state index contributed by atoms with van der Waals surface area (Å²) in [4.78, 5) is 28.8. The first kappa shape index (κ1) is 21.8. The van der Waals surface area contributed by atoms with E-state index >= 15 is 0 Å². The van der Waals surface area contributed by atoms with Crippen LogP contribution in [-0.4, -0.2) is 73.0 Å². The van der Waals surface area contributed by atoms with Crippen molar-refractivity contribution in [1.82, 2.24) is 18.8 Å². The first-order valence-corrected chi connectivity index (χ1v) is 12.3. The number of nitrogens with one attached hydrogen (secondary N) is 1. The predicted octanol–water partition coefficient (Wildman–Crippen LogP) is 1.57. The van der Waals surface area contributed by atoms with Crippen LogP contribution in [0.4, 0.5) is 0 Å². The molecular weight excluding hydrogens is 440 g/mol. The summed E-state index contributed by atoms with van der Waals surface area (Å²) in [6.45, 7) is 3.41. The number of rotatable bonds is 7. The average Bonchev–Trinajstić information content (AvgIpc) is 3.39. The number of para-hydroxylation sites is 2. The van der Waals surface area contributed by atoms with Crippen molar-refractivity contribution < 1.29 is 17.9 Å². The number of aryl methyl sites for hydroxylation is 1. The molecule has 0 radical (unpaired) electrons. The van der Waals surface area contributed by atoms with Gasteiger partial charge in [0.25, 0.3) is 10.0 Å². The summed E-state index contributed by atoms with van der Waals surface area (Å²) < 4.78 is 33.7. The second-order valence-corrected chi connectivity index (χ2v) is 10.4. The summed E-state index contributed by atoms with van der Waals surface area (Å²) in [6, 6.07) is 8.98. The molecular formula is C20H24N4O5S2. The quantitative estimate of drug-likeness (QED) is 0.533. The van der Waals surface area contributed by atoms with Crippen molar-refractivity contribution in [2.75, 3.05) is 39.8 Å². The van der Waals surface area contributed by atoms with E-state index in [9.17, 15) is 18.0 Å². The SMILES string of the molecule is COC(=O)c1csc(S(=O)(=O)N2CCN(CCCn3c(=O)[nH]c4ccccc43)CC2)c1. The van der Waals surface area contributed by atoms with Gasteiger partial charge in [0.1, 0.15) is 4.21 Å². The highest BCUT2D eigenvalue weighted by Crippen LogP contribution is 2.25. The number of thiophene rings is 1. The number of H-pyrrole nitrogens is 1. The Morgan fingerprint density at radius 2 is 1.90 bits per heavy atom. The number of sulfonamides is 1. The molecule has 1 aliphatic rings. The van der Waals surface area contributed by atoms with E-state index in [4.69, 9.17) is 0 Å².